The molecule has 0 atom stereocenters. The molecule has 1 aliphatic rings. The summed E-state index contributed by atoms with van der Waals surface area (Å²) in [5.41, 5.74) is 1.13. The normalized spacial score (nSPS) is 16.5. The number of hydrogen-bond donors (Lipinski definition) is 1. The van der Waals surface area contributed by atoms with Crippen molar-refractivity contribution in [2.45, 2.75) is 6.54 Å². The third-order valence-electron chi connectivity index (χ3n) is 3.09. The largest absolute Gasteiger partial charge is 0.329 e. The van der Waals surface area contributed by atoms with Crippen molar-refractivity contribution < 1.29 is 9.59 Å². The number of urea groups is 1. The van der Waals surface area contributed by atoms with Crippen LogP contribution in [0.1, 0.15) is 10.4 Å². The predicted octanol–water partition coefficient (Wildman–Crippen LogP) is 4.26. The van der Waals surface area contributed by atoms with Crippen LogP contribution in [0, 0.1) is 0 Å². The number of carbonyl (C=O) groups excluding carboxylic acids is 2. The molecule has 7 heteroatoms. The zero-order valence-corrected chi connectivity index (χ0v) is 14.3. The first kappa shape index (κ1) is 15.3. The van der Waals surface area contributed by atoms with E-state index in [1.165, 1.54) is 16.2 Å². The minimum atomic E-state index is -0.415. The number of nitrogens with one attached hydrogen (secondary N) is 1. The number of rotatable bonds is 3. The summed E-state index contributed by atoms with van der Waals surface area (Å²) in [5.74, 6) is -0.329. The van der Waals surface area contributed by atoms with Gasteiger partial charge >= 0.3 is 6.03 Å². The highest BCUT2D eigenvalue weighted by atomic mass is 79.9. The molecule has 4 nitrogen and oxygen atoms in total. The number of imide groups is 1. The topological polar surface area (TPSA) is 49.4 Å². The van der Waals surface area contributed by atoms with Gasteiger partial charge in [0.05, 0.1) is 6.54 Å². The van der Waals surface area contributed by atoms with Crippen molar-refractivity contribution in [3.63, 3.8) is 0 Å². The Morgan fingerprint density at radius 3 is 2.64 bits per heavy atom. The van der Waals surface area contributed by atoms with Crippen molar-refractivity contribution in [1.82, 2.24) is 10.2 Å². The summed E-state index contributed by atoms with van der Waals surface area (Å²) in [6.45, 7) is 0.216. The Hall–Kier alpha value is -1.63. The van der Waals surface area contributed by atoms with Crippen molar-refractivity contribution in [2.24, 2.45) is 0 Å². The summed E-state index contributed by atoms with van der Waals surface area (Å²) < 4.78 is 0.944. The Morgan fingerprint density at radius 2 is 2.00 bits per heavy atom. The van der Waals surface area contributed by atoms with Crippen LogP contribution in [0.15, 0.2) is 45.9 Å². The zero-order valence-electron chi connectivity index (χ0n) is 11.2. The maximum atomic E-state index is 12.3. The molecule has 112 valence electrons. The van der Waals surface area contributed by atoms with E-state index in [0.29, 0.717) is 5.02 Å². The number of benzene rings is 1. The van der Waals surface area contributed by atoms with Crippen LogP contribution in [0.25, 0.3) is 6.08 Å². The highest BCUT2D eigenvalue weighted by Crippen LogP contribution is 2.24. The maximum Gasteiger partial charge on any atom is 0.329 e. The second kappa shape index (κ2) is 6.24. The minimum Gasteiger partial charge on any atom is -0.303 e. The fraction of sp³-hybridized carbons (Fsp3) is 0.0667. The number of thiophene rings is 1. The van der Waals surface area contributed by atoms with Crippen molar-refractivity contribution in [3.05, 3.63) is 61.3 Å². The lowest BCUT2D eigenvalue weighted by Crippen LogP contribution is -2.30. The van der Waals surface area contributed by atoms with E-state index in [-0.39, 0.29) is 18.1 Å². The van der Waals surface area contributed by atoms with Crippen LogP contribution in [0.5, 0.6) is 0 Å². The molecule has 1 saturated heterocycles. The average Bonchev–Trinajstić information content (AvgIpc) is 3.00. The molecule has 0 aliphatic carbocycles. The molecule has 2 aromatic rings. The van der Waals surface area contributed by atoms with Gasteiger partial charge in [0.15, 0.2) is 0 Å². The Balaban J connectivity index is 1.79. The molecule has 1 fully saturated rings. The molecule has 22 heavy (non-hydrogen) atoms. The predicted molar refractivity (Wildman–Crippen MR) is 90.5 cm³/mol. The molecule has 1 aliphatic heterocycles. The minimum absolute atomic E-state index is 0.216. The first-order chi connectivity index (χ1) is 10.5. The van der Waals surface area contributed by atoms with E-state index >= 15 is 0 Å². The van der Waals surface area contributed by atoms with Gasteiger partial charge in [-0.15, -0.1) is 11.3 Å². The molecule has 0 unspecified atom stereocenters. The van der Waals surface area contributed by atoms with Gasteiger partial charge in [-0.3, -0.25) is 9.69 Å². The molecule has 0 saturated carbocycles. The molecule has 0 spiro atoms. The van der Waals surface area contributed by atoms with Gasteiger partial charge in [-0.2, -0.15) is 0 Å². The number of nitrogens with zero attached hydrogens (tertiary/aromatic N) is 1. The first-order valence-electron chi connectivity index (χ1n) is 6.36. The van der Waals surface area contributed by atoms with E-state index in [9.17, 15) is 9.59 Å². The molecule has 1 aromatic heterocycles. The Morgan fingerprint density at radius 1 is 1.27 bits per heavy atom. The van der Waals surface area contributed by atoms with E-state index in [0.717, 1.165) is 14.9 Å². The van der Waals surface area contributed by atoms with Gasteiger partial charge in [-0.05, 0) is 45.8 Å². The Bertz CT molecular complexity index is 770. The lowest BCUT2D eigenvalue weighted by Gasteiger charge is -2.11. The summed E-state index contributed by atoms with van der Waals surface area (Å²) in [6, 6.07) is 8.52. The first-order valence-corrected chi connectivity index (χ1v) is 8.41. The number of amides is 3. The maximum absolute atomic E-state index is 12.3. The molecule has 2 heterocycles. The van der Waals surface area contributed by atoms with E-state index < -0.39 is 6.03 Å². The zero-order chi connectivity index (χ0) is 15.7. The second-order valence-electron chi connectivity index (χ2n) is 4.67. The van der Waals surface area contributed by atoms with Gasteiger partial charge in [0.2, 0.25) is 0 Å². The monoisotopic (exact) mass is 396 g/mol. The lowest BCUT2D eigenvalue weighted by atomic mass is 10.2. The third kappa shape index (κ3) is 3.24. The van der Waals surface area contributed by atoms with Gasteiger partial charge < -0.3 is 5.32 Å². The Kier molecular flexibility index (Phi) is 4.33. The van der Waals surface area contributed by atoms with Crippen molar-refractivity contribution in [3.8, 4) is 0 Å². The average molecular weight is 398 g/mol. The van der Waals surface area contributed by atoms with Crippen LogP contribution >= 0.6 is 38.9 Å². The van der Waals surface area contributed by atoms with Crippen molar-refractivity contribution in [2.75, 3.05) is 0 Å². The molecule has 1 aromatic carbocycles. The van der Waals surface area contributed by atoms with Gasteiger partial charge in [0.1, 0.15) is 5.70 Å². The van der Waals surface area contributed by atoms with Gasteiger partial charge in [-0.25, -0.2) is 4.79 Å². The standard InChI is InChI=1S/C15H10BrClN2O2S/c16-10-5-12(22-8-10)6-13-14(20)19(15(21)18-13)7-9-1-3-11(17)4-2-9/h1-6,8H,7H2,(H,18,21)/b13-6-. The highest BCUT2D eigenvalue weighted by Gasteiger charge is 2.33. The van der Waals surface area contributed by atoms with Gasteiger partial charge in [0, 0.05) is 19.8 Å². The molecular weight excluding hydrogens is 388 g/mol. The second-order valence-corrected chi connectivity index (χ2v) is 6.97. The molecule has 3 amide bonds. The van der Waals surface area contributed by atoms with Crippen LogP contribution in [0.3, 0.4) is 0 Å². The molecule has 0 bridgehead atoms. The molecule has 0 radical (unpaired) electrons. The van der Waals surface area contributed by atoms with Gasteiger partial charge in [-0.1, -0.05) is 23.7 Å². The third-order valence-corrected chi connectivity index (χ3v) is 4.98. The SMILES string of the molecule is O=C1N/C(=C\c2cc(Br)cs2)C(=O)N1Cc1ccc(Cl)cc1. The van der Waals surface area contributed by atoms with Crippen LogP contribution in [-0.2, 0) is 11.3 Å². The molecular formula is C15H10BrClN2O2S. The summed E-state index contributed by atoms with van der Waals surface area (Å²) >= 11 is 10.7. The van der Waals surface area contributed by atoms with Crippen LogP contribution < -0.4 is 5.32 Å². The van der Waals surface area contributed by atoms with E-state index in [2.05, 4.69) is 21.2 Å². The van der Waals surface area contributed by atoms with Gasteiger partial charge in [0.25, 0.3) is 5.91 Å². The summed E-state index contributed by atoms with van der Waals surface area (Å²) in [5, 5.41) is 5.14. The summed E-state index contributed by atoms with van der Waals surface area (Å²) in [6.07, 6.45) is 1.68. The van der Waals surface area contributed by atoms with Crippen molar-refractivity contribution >= 4 is 56.9 Å². The molecule has 1 N–H and O–H groups in total. The summed E-state index contributed by atoms with van der Waals surface area (Å²) in [7, 11) is 0. The van der Waals surface area contributed by atoms with E-state index in [4.69, 9.17) is 11.6 Å². The van der Waals surface area contributed by atoms with Crippen molar-refractivity contribution in [1.29, 1.82) is 0 Å². The number of halogens is 2. The smallest absolute Gasteiger partial charge is 0.303 e. The number of hydrogen-bond acceptors (Lipinski definition) is 3. The van der Waals surface area contributed by atoms with E-state index in [1.807, 2.05) is 11.4 Å². The Labute approximate surface area is 144 Å². The van der Waals surface area contributed by atoms with Crippen LogP contribution in [0.4, 0.5) is 4.79 Å². The quantitative estimate of drug-likeness (QED) is 0.621. The summed E-state index contributed by atoms with van der Waals surface area (Å²) in [4.78, 5) is 26.4. The van der Waals surface area contributed by atoms with Crippen LogP contribution in [-0.4, -0.2) is 16.8 Å². The fourth-order valence-electron chi connectivity index (χ4n) is 2.03. The van der Waals surface area contributed by atoms with Crippen LogP contribution in [0.2, 0.25) is 5.02 Å². The highest BCUT2D eigenvalue weighted by molar-refractivity contribution is 9.10. The molecule has 3 rings (SSSR count). The fourth-order valence-corrected chi connectivity index (χ4v) is 3.54. The number of carbonyl (C=O) groups is 2. The lowest BCUT2D eigenvalue weighted by molar-refractivity contribution is -0.123. The van der Waals surface area contributed by atoms with E-state index in [1.54, 1.807) is 30.3 Å².